The van der Waals surface area contributed by atoms with Crippen LogP contribution >= 0.6 is 11.6 Å². The number of Topliss-reactive ketones (excluding diaryl/α,β-unsaturated/α-hetero) is 2. The number of nitriles is 1. The Morgan fingerprint density at radius 2 is 1.69 bits per heavy atom. The number of allylic oxidation sites excluding steroid dienone is 3. The molecule has 0 spiro atoms. The number of carbonyl (C=O) groups excluding carboxylic acids is 2. The molecule has 1 aliphatic heterocycles. The van der Waals surface area contributed by atoms with Gasteiger partial charge in [0.05, 0.1) is 18.6 Å². The summed E-state index contributed by atoms with van der Waals surface area (Å²) < 4.78 is 17.0. The van der Waals surface area contributed by atoms with Gasteiger partial charge in [0.25, 0.3) is 0 Å². The zero-order valence-electron chi connectivity index (χ0n) is 19.1. The molecule has 2 aliphatic rings. The summed E-state index contributed by atoms with van der Waals surface area (Å²) in [4.78, 5) is 26.7. The molecule has 0 amide bonds. The van der Waals surface area contributed by atoms with Crippen molar-refractivity contribution in [3.63, 3.8) is 0 Å². The smallest absolute Gasteiger partial charge is 0.229 e. The molecule has 5 rings (SSSR count). The maximum Gasteiger partial charge on any atom is 0.229 e. The summed E-state index contributed by atoms with van der Waals surface area (Å²) in [6, 6.07) is 20.9. The Hall–Kier alpha value is -4.54. The Bertz CT molecular complexity index is 1530. The first-order chi connectivity index (χ1) is 17.4. The van der Waals surface area contributed by atoms with E-state index in [4.69, 9.17) is 31.5 Å². The van der Waals surface area contributed by atoms with E-state index in [0.29, 0.717) is 22.1 Å². The van der Waals surface area contributed by atoms with Crippen LogP contribution in [0.4, 0.5) is 0 Å². The van der Waals surface area contributed by atoms with Crippen molar-refractivity contribution in [2.24, 2.45) is 5.73 Å². The van der Waals surface area contributed by atoms with Crippen LogP contribution in [0.1, 0.15) is 37.8 Å². The summed E-state index contributed by atoms with van der Waals surface area (Å²) >= 11 is 6.23. The van der Waals surface area contributed by atoms with Crippen molar-refractivity contribution in [2.45, 2.75) is 12.5 Å². The largest absolute Gasteiger partial charge is 0.493 e. The van der Waals surface area contributed by atoms with Crippen molar-refractivity contribution in [1.82, 2.24) is 0 Å². The van der Waals surface area contributed by atoms with Gasteiger partial charge in [0.15, 0.2) is 23.0 Å². The second-order valence-electron chi connectivity index (χ2n) is 8.16. The maximum absolute atomic E-state index is 13.5. The number of nitrogens with zero attached hydrogens (tertiary/aromatic N) is 1. The van der Waals surface area contributed by atoms with Crippen molar-refractivity contribution in [3.8, 4) is 17.6 Å². The molecule has 3 aromatic carbocycles. The first-order valence-electron chi connectivity index (χ1n) is 11.0. The fraction of sp³-hybridized carbons (Fsp3) is 0.107. The Morgan fingerprint density at radius 3 is 2.39 bits per heavy atom. The predicted octanol–water partition coefficient (Wildman–Crippen LogP) is 5.07. The van der Waals surface area contributed by atoms with Crippen molar-refractivity contribution < 1.29 is 23.8 Å². The lowest BCUT2D eigenvalue weighted by Crippen LogP contribution is -2.32. The molecule has 0 aromatic heterocycles. The van der Waals surface area contributed by atoms with E-state index in [0.717, 1.165) is 5.56 Å². The molecular formula is C28H19ClN2O5. The van der Waals surface area contributed by atoms with E-state index >= 15 is 0 Å². The summed E-state index contributed by atoms with van der Waals surface area (Å²) in [6.45, 7) is 0.210. The minimum Gasteiger partial charge on any atom is -0.493 e. The molecule has 1 aliphatic carbocycles. The minimum atomic E-state index is -0.921. The average molecular weight is 499 g/mol. The Kier molecular flexibility index (Phi) is 5.96. The number of carbonyl (C=O) groups is 2. The molecular weight excluding hydrogens is 480 g/mol. The van der Waals surface area contributed by atoms with E-state index < -0.39 is 17.5 Å². The fourth-order valence-corrected chi connectivity index (χ4v) is 4.58. The van der Waals surface area contributed by atoms with E-state index in [2.05, 4.69) is 0 Å². The lowest BCUT2D eigenvalue weighted by atomic mass is 9.75. The van der Waals surface area contributed by atoms with Gasteiger partial charge in [0.2, 0.25) is 11.7 Å². The monoisotopic (exact) mass is 498 g/mol. The summed E-state index contributed by atoms with van der Waals surface area (Å²) in [6.07, 6.45) is 0. The molecule has 0 saturated carbocycles. The van der Waals surface area contributed by atoms with E-state index in [1.807, 2.05) is 24.3 Å². The molecule has 36 heavy (non-hydrogen) atoms. The van der Waals surface area contributed by atoms with Gasteiger partial charge in [-0.3, -0.25) is 9.59 Å². The molecule has 0 radical (unpaired) electrons. The van der Waals surface area contributed by atoms with Gasteiger partial charge < -0.3 is 19.9 Å². The minimum absolute atomic E-state index is 0.0288. The van der Waals surface area contributed by atoms with Gasteiger partial charge >= 0.3 is 0 Å². The summed E-state index contributed by atoms with van der Waals surface area (Å²) in [5.74, 6) is -1.36. The van der Waals surface area contributed by atoms with Crippen LogP contribution in [0, 0.1) is 11.3 Å². The second kappa shape index (κ2) is 9.25. The fourth-order valence-electron chi connectivity index (χ4n) is 4.39. The summed E-state index contributed by atoms with van der Waals surface area (Å²) in [5, 5.41) is 10.5. The van der Waals surface area contributed by atoms with Crippen LogP contribution in [0.2, 0.25) is 5.02 Å². The second-order valence-corrected chi connectivity index (χ2v) is 8.57. The zero-order valence-corrected chi connectivity index (χ0v) is 19.8. The number of halogens is 1. The van der Waals surface area contributed by atoms with Gasteiger partial charge in [-0.1, -0.05) is 60.1 Å². The molecule has 7 nitrogen and oxygen atoms in total. The highest BCUT2D eigenvalue weighted by Crippen LogP contribution is 2.45. The number of fused-ring (bicyclic) bond motifs is 1. The average Bonchev–Trinajstić information content (AvgIpc) is 2.90. The van der Waals surface area contributed by atoms with Crippen LogP contribution in [0.15, 0.2) is 89.5 Å². The van der Waals surface area contributed by atoms with Crippen molar-refractivity contribution in [3.05, 3.63) is 117 Å². The van der Waals surface area contributed by atoms with Crippen molar-refractivity contribution in [2.75, 3.05) is 7.11 Å². The van der Waals surface area contributed by atoms with Crippen molar-refractivity contribution >= 4 is 23.2 Å². The molecule has 0 bridgehead atoms. The molecule has 1 heterocycles. The first-order valence-corrected chi connectivity index (χ1v) is 11.4. The third-order valence-corrected chi connectivity index (χ3v) is 6.52. The topological polar surface area (TPSA) is 112 Å². The highest BCUT2D eigenvalue weighted by atomic mass is 35.5. The number of ketones is 2. The van der Waals surface area contributed by atoms with Crippen LogP contribution in [0.3, 0.4) is 0 Å². The van der Waals surface area contributed by atoms with Crippen LogP contribution in [-0.2, 0) is 11.3 Å². The van der Waals surface area contributed by atoms with Gasteiger partial charge in [-0.2, -0.15) is 5.26 Å². The lowest BCUT2D eigenvalue weighted by molar-refractivity contribution is 0.0897. The van der Waals surface area contributed by atoms with Gasteiger partial charge in [0.1, 0.15) is 18.2 Å². The molecule has 178 valence electrons. The molecule has 0 fully saturated rings. The van der Waals surface area contributed by atoms with Gasteiger partial charge in [-0.05, 0) is 23.8 Å². The Balaban J connectivity index is 1.57. The molecule has 3 aromatic rings. The van der Waals surface area contributed by atoms with Crippen LogP contribution in [-0.4, -0.2) is 18.7 Å². The Morgan fingerprint density at radius 1 is 1.00 bits per heavy atom. The van der Waals surface area contributed by atoms with Gasteiger partial charge in [-0.25, -0.2) is 0 Å². The quantitative estimate of drug-likeness (QED) is 0.522. The summed E-state index contributed by atoms with van der Waals surface area (Å²) in [5.41, 5.74) is 7.95. The number of rotatable bonds is 5. The van der Waals surface area contributed by atoms with E-state index in [1.165, 1.54) is 7.11 Å². The zero-order chi connectivity index (χ0) is 25.4. The first kappa shape index (κ1) is 23.2. The van der Waals surface area contributed by atoms with E-state index in [-0.39, 0.29) is 40.5 Å². The number of hydrogen-bond donors (Lipinski definition) is 1. The number of benzene rings is 3. The van der Waals surface area contributed by atoms with Crippen LogP contribution in [0.25, 0.3) is 0 Å². The third-order valence-electron chi connectivity index (χ3n) is 6.15. The standard InChI is InChI=1S/C28H19ClN2O5/c1-34-22-12-15(10-11-21(22)35-14-16-6-2-5-9-20(16)29)23-19(13-30)28(31)36-27-24(23)25(32)17-7-3-4-8-18(17)26(27)33/h2-12,23H,14,31H2,1H3. The molecule has 2 N–H and O–H groups in total. The summed E-state index contributed by atoms with van der Waals surface area (Å²) in [7, 11) is 1.48. The van der Waals surface area contributed by atoms with Crippen molar-refractivity contribution in [1.29, 1.82) is 5.26 Å². The number of methoxy groups -OCH3 is 1. The molecule has 8 heteroatoms. The molecule has 1 unspecified atom stereocenters. The van der Waals surface area contributed by atoms with Crippen LogP contribution < -0.4 is 15.2 Å². The number of hydrogen-bond acceptors (Lipinski definition) is 7. The normalized spacial score (nSPS) is 16.6. The highest BCUT2D eigenvalue weighted by Gasteiger charge is 2.43. The number of ether oxygens (including phenoxy) is 3. The van der Waals surface area contributed by atoms with E-state index in [1.54, 1.807) is 48.5 Å². The maximum atomic E-state index is 13.5. The predicted molar refractivity (Wildman–Crippen MR) is 132 cm³/mol. The SMILES string of the molecule is COc1cc(C2C(C#N)=C(N)OC3=C2C(=O)c2ccccc2C3=O)ccc1OCc1ccccc1Cl. The number of nitrogens with two attached hydrogens (primary N) is 1. The lowest BCUT2D eigenvalue weighted by Gasteiger charge is -2.31. The molecule has 1 atom stereocenters. The van der Waals surface area contributed by atoms with E-state index in [9.17, 15) is 14.9 Å². The molecule has 0 saturated heterocycles. The van der Waals surface area contributed by atoms with Gasteiger partial charge in [-0.15, -0.1) is 0 Å². The third kappa shape index (κ3) is 3.78. The van der Waals surface area contributed by atoms with Gasteiger partial charge in [0, 0.05) is 21.7 Å². The highest BCUT2D eigenvalue weighted by molar-refractivity contribution is 6.31. The van der Waals surface area contributed by atoms with Crippen LogP contribution in [0.5, 0.6) is 11.5 Å². The Labute approximate surface area is 212 Å².